The molecular weight excluding hydrogens is 338 g/mol. The number of rotatable bonds is 4. The lowest BCUT2D eigenvalue weighted by Gasteiger charge is -2.39. The van der Waals surface area contributed by atoms with Crippen LogP contribution in [-0.2, 0) is 14.3 Å². The molecule has 3 rings (SSSR count). The summed E-state index contributed by atoms with van der Waals surface area (Å²) in [5, 5.41) is 3.24. The first-order valence-electron chi connectivity index (χ1n) is 8.72. The van der Waals surface area contributed by atoms with E-state index in [0.717, 1.165) is 11.4 Å². The van der Waals surface area contributed by atoms with E-state index in [0.29, 0.717) is 45.1 Å². The monoisotopic (exact) mass is 363 g/mol. The van der Waals surface area contributed by atoms with Gasteiger partial charge in [0.25, 0.3) is 0 Å². The Morgan fingerprint density at radius 2 is 2.00 bits per heavy atom. The van der Waals surface area contributed by atoms with Crippen LogP contribution in [0.3, 0.4) is 0 Å². The number of hydrogen-bond donors (Lipinski definition) is 1. The molecule has 1 aromatic carbocycles. The number of carbonyl (C=O) groups is 2. The lowest BCUT2D eigenvalue weighted by molar-refractivity contribution is -0.148. The molecule has 0 aromatic heterocycles. The molecule has 1 aromatic rings. The zero-order valence-corrected chi connectivity index (χ0v) is 15.4. The molecule has 1 N–H and O–H groups in total. The Morgan fingerprint density at radius 1 is 1.24 bits per heavy atom. The van der Waals surface area contributed by atoms with Crippen molar-refractivity contribution in [2.24, 2.45) is 0 Å². The summed E-state index contributed by atoms with van der Waals surface area (Å²) in [5.74, 6) is 0.420. The van der Waals surface area contributed by atoms with E-state index in [1.54, 1.807) is 16.7 Å². The molecule has 7 heteroatoms. The van der Waals surface area contributed by atoms with Gasteiger partial charge in [0, 0.05) is 37.6 Å². The zero-order valence-electron chi connectivity index (χ0n) is 14.6. The minimum absolute atomic E-state index is 0.0290. The number of amides is 2. The Bertz CT molecular complexity index is 619. The third-order valence-corrected chi connectivity index (χ3v) is 5.78. The van der Waals surface area contributed by atoms with Crippen molar-refractivity contribution < 1.29 is 14.3 Å². The number of hydrogen-bond acceptors (Lipinski definition) is 5. The van der Waals surface area contributed by atoms with Gasteiger partial charge in [0.2, 0.25) is 11.8 Å². The van der Waals surface area contributed by atoms with E-state index in [1.807, 2.05) is 36.1 Å². The van der Waals surface area contributed by atoms with Crippen LogP contribution >= 0.6 is 11.8 Å². The van der Waals surface area contributed by atoms with E-state index in [-0.39, 0.29) is 11.8 Å². The molecule has 2 aliphatic heterocycles. The Morgan fingerprint density at radius 3 is 2.76 bits per heavy atom. The quantitative estimate of drug-likeness (QED) is 0.800. The standard InChI is InChI=1S/C18H25N3O3S/c1-14-4-2-3-5-16(14)25-13-17(22)21-7-6-19-12-15(21)18(23)20-8-10-24-11-9-20/h2-5,15,19H,6-13H2,1H3. The third-order valence-electron chi connectivity index (χ3n) is 4.62. The highest BCUT2D eigenvalue weighted by Crippen LogP contribution is 2.23. The van der Waals surface area contributed by atoms with Gasteiger partial charge in [-0.1, -0.05) is 18.2 Å². The molecule has 25 heavy (non-hydrogen) atoms. The molecular formula is C18H25N3O3S. The average Bonchev–Trinajstić information content (AvgIpc) is 2.67. The van der Waals surface area contributed by atoms with Gasteiger partial charge < -0.3 is 19.9 Å². The van der Waals surface area contributed by atoms with Gasteiger partial charge in [-0.3, -0.25) is 9.59 Å². The molecule has 1 unspecified atom stereocenters. The number of nitrogens with zero attached hydrogens (tertiary/aromatic N) is 2. The van der Waals surface area contributed by atoms with Gasteiger partial charge >= 0.3 is 0 Å². The maximum Gasteiger partial charge on any atom is 0.246 e. The molecule has 2 amide bonds. The van der Waals surface area contributed by atoms with Gasteiger partial charge in [-0.2, -0.15) is 0 Å². The van der Waals surface area contributed by atoms with Crippen molar-refractivity contribution in [2.45, 2.75) is 17.9 Å². The summed E-state index contributed by atoms with van der Waals surface area (Å²) < 4.78 is 5.32. The highest BCUT2D eigenvalue weighted by molar-refractivity contribution is 8.00. The van der Waals surface area contributed by atoms with Gasteiger partial charge in [-0.15, -0.1) is 11.8 Å². The third kappa shape index (κ3) is 4.54. The van der Waals surface area contributed by atoms with E-state index in [9.17, 15) is 9.59 Å². The number of piperazine rings is 1. The fraction of sp³-hybridized carbons (Fsp3) is 0.556. The number of nitrogens with one attached hydrogen (secondary N) is 1. The molecule has 6 nitrogen and oxygen atoms in total. The predicted molar refractivity (Wildman–Crippen MR) is 97.7 cm³/mol. The Hall–Kier alpha value is -1.57. The molecule has 2 saturated heterocycles. The highest BCUT2D eigenvalue weighted by atomic mass is 32.2. The van der Waals surface area contributed by atoms with Crippen molar-refractivity contribution in [2.75, 3.05) is 51.7 Å². The van der Waals surface area contributed by atoms with Gasteiger partial charge in [-0.25, -0.2) is 0 Å². The normalized spacial score (nSPS) is 21.2. The first-order chi connectivity index (χ1) is 12.2. The van der Waals surface area contributed by atoms with Crippen LogP contribution in [-0.4, -0.2) is 79.3 Å². The molecule has 0 spiro atoms. The summed E-state index contributed by atoms with van der Waals surface area (Å²) in [6, 6.07) is 7.64. The van der Waals surface area contributed by atoms with E-state index >= 15 is 0 Å². The molecule has 2 aliphatic rings. The van der Waals surface area contributed by atoms with Crippen LogP contribution in [0.2, 0.25) is 0 Å². The topological polar surface area (TPSA) is 61.9 Å². The van der Waals surface area contributed by atoms with Crippen LogP contribution in [0.5, 0.6) is 0 Å². The van der Waals surface area contributed by atoms with Crippen LogP contribution in [0.1, 0.15) is 5.56 Å². The van der Waals surface area contributed by atoms with Gasteiger partial charge in [-0.05, 0) is 18.6 Å². The average molecular weight is 363 g/mol. The lowest BCUT2D eigenvalue weighted by Crippen LogP contribution is -2.61. The molecule has 1 atom stereocenters. The second-order valence-corrected chi connectivity index (χ2v) is 7.32. The maximum absolute atomic E-state index is 12.8. The van der Waals surface area contributed by atoms with E-state index in [1.165, 1.54) is 5.56 Å². The van der Waals surface area contributed by atoms with Crippen molar-refractivity contribution in [3.05, 3.63) is 29.8 Å². The second kappa shape index (κ2) is 8.69. The van der Waals surface area contributed by atoms with Crippen molar-refractivity contribution in [1.29, 1.82) is 0 Å². The largest absolute Gasteiger partial charge is 0.378 e. The van der Waals surface area contributed by atoms with Crippen LogP contribution in [0.15, 0.2) is 29.2 Å². The molecule has 0 aliphatic carbocycles. The van der Waals surface area contributed by atoms with Crippen LogP contribution in [0, 0.1) is 6.92 Å². The number of morpholine rings is 1. The summed E-state index contributed by atoms with van der Waals surface area (Å²) in [6.45, 7) is 6.23. The van der Waals surface area contributed by atoms with E-state index < -0.39 is 6.04 Å². The van der Waals surface area contributed by atoms with Gasteiger partial charge in [0.1, 0.15) is 6.04 Å². The summed E-state index contributed by atoms with van der Waals surface area (Å²) >= 11 is 1.54. The Balaban J connectivity index is 1.62. The minimum Gasteiger partial charge on any atom is -0.378 e. The Kier molecular flexibility index (Phi) is 6.34. The predicted octanol–water partition coefficient (Wildman–Crippen LogP) is 0.746. The summed E-state index contributed by atoms with van der Waals surface area (Å²) in [6.07, 6.45) is 0. The summed E-state index contributed by atoms with van der Waals surface area (Å²) in [5.41, 5.74) is 1.17. The fourth-order valence-electron chi connectivity index (χ4n) is 3.16. The number of aryl methyl sites for hydroxylation is 1. The lowest BCUT2D eigenvalue weighted by atomic mass is 10.1. The van der Waals surface area contributed by atoms with Gasteiger partial charge in [0.05, 0.1) is 19.0 Å². The van der Waals surface area contributed by atoms with Crippen LogP contribution in [0.25, 0.3) is 0 Å². The van der Waals surface area contributed by atoms with Crippen molar-refractivity contribution in [3.63, 3.8) is 0 Å². The smallest absolute Gasteiger partial charge is 0.246 e. The second-order valence-electron chi connectivity index (χ2n) is 6.30. The molecule has 136 valence electrons. The fourth-order valence-corrected chi connectivity index (χ4v) is 4.07. The zero-order chi connectivity index (χ0) is 17.6. The first kappa shape index (κ1) is 18.2. The van der Waals surface area contributed by atoms with Crippen LogP contribution < -0.4 is 5.32 Å². The van der Waals surface area contributed by atoms with Crippen molar-refractivity contribution >= 4 is 23.6 Å². The summed E-state index contributed by atoms with van der Waals surface area (Å²) in [4.78, 5) is 30.3. The summed E-state index contributed by atoms with van der Waals surface area (Å²) in [7, 11) is 0. The number of benzene rings is 1. The van der Waals surface area contributed by atoms with Crippen molar-refractivity contribution in [3.8, 4) is 0 Å². The van der Waals surface area contributed by atoms with Crippen molar-refractivity contribution in [1.82, 2.24) is 15.1 Å². The minimum atomic E-state index is -0.406. The highest BCUT2D eigenvalue weighted by Gasteiger charge is 2.35. The number of ether oxygens (including phenoxy) is 1. The van der Waals surface area contributed by atoms with Gasteiger partial charge in [0.15, 0.2) is 0 Å². The van der Waals surface area contributed by atoms with E-state index in [2.05, 4.69) is 5.32 Å². The SMILES string of the molecule is Cc1ccccc1SCC(=O)N1CCNCC1C(=O)N1CCOCC1. The molecule has 0 radical (unpaired) electrons. The molecule has 2 heterocycles. The van der Waals surface area contributed by atoms with Crippen LogP contribution in [0.4, 0.5) is 0 Å². The number of carbonyl (C=O) groups excluding carboxylic acids is 2. The molecule has 2 fully saturated rings. The first-order valence-corrected chi connectivity index (χ1v) is 9.70. The molecule has 0 bridgehead atoms. The number of thioether (sulfide) groups is 1. The Labute approximate surface area is 152 Å². The van der Waals surface area contributed by atoms with E-state index in [4.69, 9.17) is 4.74 Å². The molecule has 0 saturated carbocycles. The maximum atomic E-state index is 12.8.